The van der Waals surface area contributed by atoms with Crippen LogP contribution >= 0.6 is 0 Å². The van der Waals surface area contributed by atoms with Gasteiger partial charge < -0.3 is 24.9 Å². The molecule has 3 aromatic rings. The highest BCUT2D eigenvalue weighted by Gasteiger charge is 2.12. The summed E-state index contributed by atoms with van der Waals surface area (Å²) in [6.07, 6.45) is 1.93. The van der Waals surface area contributed by atoms with Gasteiger partial charge in [0.25, 0.3) is 0 Å². The highest BCUT2D eigenvalue weighted by molar-refractivity contribution is 5.89. The Kier molecular flexibility index (Phi) is 5.45. The third-order valence-electron chi connectivity index (χ3n) is 3.36. The summed E-state index contributed by atoms with van der Waals surface area (Å²) in [5, 5.41) is 14.9. The number of aromatic nitrogens is 1. The number of rotatable bonds is 6. The topological polar surface area (TPSA) is 96.6 Å². The van der Waals surface area contributed by atoms with Crippen molar-refractivity contribution in [1.82, 2.24) is 10.3 Å². The van der Waals surface area contributed by atoms with E-state index in [1.165, 1.54) is 36.7 Å². The number of urea groups is 1. The van der Waals surface area contributed by atoms with Gasteiger partial charge in [0.2, 0.25) is 5.88 Å². The largest absolute Gasteiger partial charge is 0.467 e. The second-order valence-corrected chi connectivity index (χ2v) is 5.31. The van der Waals surface area contributed by atoms with Crippen LogP contribution in [0.4, 0.5) is 14.9 Å². The normalized spacial score (nSPS) is 11.6. The van der Waals surface area contributed by atoms with Gasteiger partial charge in [-0.1, -0.05) is 0 Å². The minimum absolute atomic E-state index is 0.00145. The van der Waals surface area contributed by atoms with Crippen LogP contribution in [0, 0.1) is 5.82 Å². The van der Waals surface area contributed by atoms with Crippen LogP contribution in [0.2, 0.25) is 0 Å². The number of aliphatic hydroxyl groups excluding tert-OH is 1. The fourth-order valence-electron chi connectivity index (χ4n) is 2.08. The Labute approximate surface area is 148 Å². The van der Waals surface area contributed by atoms with E-state index in [1.54, 1.807) is 24.3 Å². The predicted molar refractivity (Wildman–Crippen MR) is 91.4 cm³/mol. The number of halogens is 1. The van der Waals surface area contributed by atoms with E-state index < -0.39 is 12.1 Å². The van der Waals surface area contributed by atoms with Crippen molar-refractivity contribution in [3.63, 3.8) is 0 Å². The molecule has 0 saturated heterocycles. The molecule has 26 heavy (non-hydrogen) atoms. The summed E-state index contributed by atoms with van der Waals surface area (Å²) in [5.74, 6) is 0.766. The number of hydrogen-bond donors (Lipinski definition) is 3. The molecule has 0 radical (unpaired) electrons. The first kappa shape index (κ1) is 17.4. The molecule has 7 nitrogen and oxygen atoms in total. The van der Waals surface area contributed by atoms with Gasteiger partial charge in [0.15, 0.2) is 0 Å². The zero-order valence-corrected chi connectivity index (χ0v) is 13.6. The highest BCUT2D eigenvalue weighted by atomic mass is 19.1. The van der Waals surface area contributed by atoms with E-state index in [2.05, 4.69) is 15.6 Å². The van der Waals surface area contributed by atoms with E-state index in [0.717, 1.165) is 0 Å². The third kappa shape index (κ3) is 4.81. The van der Waals surface area contributed by atoms with Gasteiger partial charge in [-0.05, 0) is 42.5 Å². The number of carbonyl (C=O) groups is 1. The smallest absolute Gasteiger partial charge is 0.319 e. The molecule has 0 saturated carbocycles. The molecule has 1 aromatic carbocycles. The lowest BCUT2D eigenvalue weighted by molar-refractivity contribution is 0.149. The maximum Gasteiger partial charge on any atom is 0.319 e. The summed E-state index contributed by atoms with van der Waals surface area (Å²) in [6, 6.07) is 11.5. The molecule has 8 heteroatoms. The summed E-state index contributed by atoms with van der Waals surface area (Å²) < 4.78 is 23.4. The molecule has 134 valence electrons. The van der Waals surface area contributed by atoms with Crippen LogP contribution in [0.25, 0.3) is 0 Å². The van der Waals surface area contributed by atoms with Crippen LogP contribution in [-0.4, -0.2) is 22.7 Å². The van der Waals surface area contributed by atoms with Crippen molar-refractivity contribution in [2.45, 2.75) is 6.10 Å². The lowest BCUT2D eigenvalue weighted by Gasteiger charge is -2.11. The molecular formula is C18H16FN3O4. The fourth-order valence-corrected chi connectivity index (χ4v) is 2.08. The number of ether oxygens (including phenoxy) is 1. The average Bonchev–Trinajstić information content (AvgIpc) is 3.18. The molecular weight excluding hydrogens is 341 g/mol. The molecule has 0 aliphatic rings. The van der Waals surface area contributed by atoms with Gasteiger partial charge in [0, 0.05) is 6.07 Å². The minimum Gasteiger partial charge on any atom is -0.467 e. The van der Waals surface area contributed by atoms with Crippen molar-refractivity contribution in [3.8, 4) is 11.6 Å². The van der Waals surface area contributed by atoms with Crippen molar-refractivity contribution in [1.29, 1.82) is 0 Å². The summed E-state index contributed by atoms with van der Waals surface area (Å²) in [6.45, 7) is -0.00145. The minimum atomic E-state index is -0.930. The van der Waals surface area contributed by atoms with Crippen LogP contribution in [0.5, 0.6) is 11.6 Å². The first-order valence-corrected chi connectivity index (χ1v) is 7.76. The SMILES string of the molecule is O=C(NCC(O)c1ccco1)Nc1ccc(Oc2ccc(F)cc2)nc1. The van der Waals surface area contributed by atoms with Crippen LogP contribution < -0.4 is 15.4 Å². The second-order valence-electron chi connectivity index (χ2n) is 5.31. The Hall–Kier alpha value is -3.39. The van der Waals surface area contributed by atoms with E-state index >= 15 is 0 Å². The number of anilines is 1. The van der Waals surface area contributed by atoms with Crippen LogP contribution in [0.3, 0.4) is 0 Å². The zero-order valence-electron chi connectivity index (χ0n) is 13.6. The van der Waals surface area contributed by atoms with E-state index in [-0.39, 0.29) is 12.4 Å². The Bertz CT molecular complexity index is 836. The summed E-state index contributed by atoms with van der Waals surface area (Å²) >= 11 is 0. The molecule has 2 amide bonds. The second kappa shape index (κ2) is 8.13. The Balaban J connectivity index is 1.49. The van der Waals surface area contributed by atoms with Crippen molar-refractivity contribution in [3.05, 3.63) is 72.6 Å². The molecule has 0 spiro atoms. The van der Waals surface area contributed by atoms with Crippen molar-refractivity contribution in [2.24, 2.45) is 0 Å². The number of nitrogens with one attached hydrogen (secondary N) is 2. The zero-order chi connectivity index (χ0) is 18.4. The lowest BCUT2D eigenvalue weighted by Crippen LogP contribution is -2.32. The first-order chi connectivity index (χ1) is 12.6. The first-order valence-electron chi connectivity index (χ1n) is 7.76. The van der Waals surface area contributed by atoms with Crippen LogP contribution in [0.15, 0.2) is 65.4 Å². The molecule has 1 unspecified atom stereocenters. The van der Waals surface area contributed by atoms with Gasteiger partial charge in [-0.3, -0.25) is 0 Å². The van der Waals surface area contributed by atoms with E-state index in [9.17, 15) is 14.3 Å². The molecule has 2 aromatic heterocycles. The molecule has 2 heterocycles. The van der Waals surface area contributed by atoms with Crippen molar-refractivity contribution < 1.29 is 23.4 Å². The monoisotopic (exact) mass is 357 g/mol. The summed E-state index contributed by atoms with van der Waals surface area (Å²) in [5.41, 5.74) is 0.446. The number of pyridine rings is 1. The number of carbonyl (C=O) groups excluding carboxylic acids is 1. The van der Waals surface area contributed by atoms with E-state index in [1.807, 2.05) is 0 Å². The standard InChI is InChI=1S/C18H16FN3O4/c19-12-3-6-14(7-4-12)26-17-8-5-13(10-20-17)22-18(24)21-11-15(23)16-2-1-9-25-16/h1-10,15,23H,11H2,(H2,21,22,24). The van der Waals surface area contributed by atoms with Gasteiger partial charge in [-0.25, -0.2) is 14.2 Å². The maximum absolute atomic E-state index is 12.9. The lowest BCUT2D eigenvalue weighted by atomic mass is 10.3. The maximum atomic E-state index is 12.9. The molecule has 3 N–H and O–H groups in total. The average molecular weight is 357 g/mol. The van der Waals surface area contributed by atoms with Gasteiger partial charge in [0.1, 0.15) is 23.4 Å². The van der Waals surface area contributed by atoms with Gasteiger partial charge in [-0.2, -0.15) is 0 Å². The molecule has 3 rings (SSSR count). The molecule has 0 aliphatic heterocycles. The van der Waals surface area contributed by atoms with Crippen LogP contribution in [-0.2, 0) is 0 Å². The Morgan fingerprint density at radius 3 is 2.69 bits per heavy atom. The van der Waals surface area contributed by atoms with Crippen molar-refractivity contribution >= 4 is 11.7 Å². The Morgan fingerprint density at radius 1 is 1.23 bits per heavy atom. The molecule has 1 atom stereocenters. The molecule has 0 fully saturated rings. The number of aliphatic hydroxyl groups is 1. The van der Waals surface area contributed by atoms with Gasteiger partial charge in [-0.15, -0.1) is 0 Å². The number of hydrogen-bond acceptors (Lipinski definition) is 5. The number of nitrogens with zero attached hydrogens (tertiary/aromatic N) is 1. The predicted octanol–water partition coefficient (Wildman–Crippen LogP) is 3.46. The summed E-state index contributed by atoms with van der Waals surface area (Å²) in [4.78, 5) is 15.9. The van der Waals surface area contributed by atoms with Gasteiger partial charge in [0.05, 0.1) is 24.7 Å². The highest BCUT2D eigenvalue weighted by Crippen LogP contribution is 2.20. The molecule has 0 bridgehead atoms. The summed E-state index contributed by atoms with van der Waals surface area (Å²) in [7, 11) is 0. The number of furan rings is 1. The van der Waals surface area contributed by atoms with E-state index in [0.29, 0.717) is 23.1 Å². The quantitative estimate of drug-likeness (QED) is 0.628. The van der Waals surface area contributed by atoms with Crippen LogP contribution in [0.1, 0.15) is 11.9 Å². The van der Waals surface area contributed by atoms with Gasteiger partial charge >= 0.3 is 6.03 Å². The fraction of sp³-hybridized carbons (Fsp3) is 0.111. The number of benzene rings is 1. The molecule has 0 aliphatic carbocycles. The third-order valence-corrected chi connectivity index (χ3v) is 3.36. The number of amides is 2. The van der Waals surface area contributed by atoms with Crippen molar-refractivity contribution in [2.75, 3.05) is 11.9 Å². The van der Waals surface area contributed by atoms with E-state index in [4.69, 9.17) is 9.15 Å². The Morgan fingerprint density at radius 2 is 2.04 bits per heavy atom.